The van der Waals surface area contributed by atoms with Crippen molar-refractivity contribution in [2.24, 2.45) is 11.1 Å². The van der Waals surface area contributed by atoms with E-state index in [2.05, 4.69) is 0 Å². The minimum Gasteiger partial charge on any atom is -0.381 e. The van der Waals surface area contributed by atoms with Gasteiger partial charge < -0.3 is 20.1 Å². The highest BCUT2D eigenvalue weighted by Crippen LogP contribution is 2.31. The third-order valence-electron chi connectivity index (χ3n) is 3.59. The van der Waals surface area contributed by atoms with Gasteiger partial charge in [-0.3, -0.25) is 4.79 Å². The average Bonchev–Trinajstić information content (AvgIpc) is 2.39. The largest absolute Gasteiger partial charge is 0.381 e. The summed E-state index contributed by atoms with van der Waals surface area (Å²) < 4.78 is 10.6. The smallest absolute Gasteiger partial charge is 0.230 e. The maximum atomic E-state index is 12.4. The van der Waals surface area contributed by atoms with Crippen molar-refractivity contribution in [1.82, 2.24) is 4.90 Å². The maximum Gasteiger partial charge on any atom is 0.230 e. The molecule has 0 radical (unpaired) electrons. The van der Waals surface area contributed by atoms with Gasteiger partial charge in [0.05, 0.1) is 18.6 Å². The van der Waals surface area contributed by atoms with Gasteiger partial charge in [-0.25, -0.2) is 0 Å². The first-order chi connectivity index (χ1) is 7.78. The summed E-state index contributed by atoms with van der Waals surface area (Å²) in [4.78, 5) is 14.3. The Morgan fingerprint density at radius 3 is 2.25 bits per heavy atom. The van der Waals surface area contributed by atoms with Crippen LogP contribution in [0.4, 0.5) is 0 Å². The van der Waals surface area contributed by atoms with E-state index in [0.29, 0.717) is 46.1 Å². The zero-order valence-corrected chi connectivity index (χ0v) is 9.61. The first kappa shape index (κ1) is 11.8. The van der Waals surface area contributed by atoms with Crippen molar-refractivity contribution in [2.45, 2.75) is 12.8 Å². The molecule has 0 spiro atoms. The van der Waals surface area contributed by atoms with E-state index >= 15 is 0 Å². The van der Waals surface area contributed by atoms with Gasteiger partial charge in [0.25, 0.3) is 0 Å². The molecule has 2 aliphatic rings. The summed E-state index contributed by atoms with van der Waals surface area (Å²) in [5, 5.41) is 0. The molecule has 0 atom stereocenters. The number of rotatable bonds is 2. The van der Waals surface area contributed by atoms with Gasteiger partial charge in [-0.05, 0) is 12.8 Å². The highest BCUT2D eigenvalue weighted by molar-refractivity contribution is 5.83. The number of amides is 1. The summed E-state index contributed by atoms with van der Waals surface area (Å²) in [6.45, 7) is 4.39. The molecule has 2 rings (SSSR count). The summed E-state index contributed by atoms with van der Waals surface area (Å²) in [7, 11) is 0. The second kappa shape index (κ2) is 5.12. The van der Waals surface area contributed by atoms with Crippen molar-refractivity contribution in [3.8, 4) is 0 Å². The molecule has 5 nitrogen and oxygen atoms in total. The molecule has 0 saturated carbocycles. The summed E-state index contributed by atoms with van der Waals surface area (Å²) in [6, 6.07) is 0. The molecule has 2 aliphatic heterocycles. The molecular weight excluding hydrogens is 208 g/mol. The van der Waals surface area contributed by atoms with E-state index in [1.54, 1.807) is 0 Å². The molecule has 5 heteroatoms. The molecule has 0 bridgehead atoms. The van der Waals surface area contributed by atoms with Gasteiger partial charge >= 0.3 is 0 Å². The van der Waals surface area contributed by atoms with Crippen LogP contribution in [-0.2, 0) is 14.3 Å². The van der Waals surface area contributed by atoms with Crippen LogP contribution in [-0.4, -0.2) is 56.9 Å². The standard InChI is InChI=1S/C11H20N2O3/c12-9-11(1-5-15-6-2-11)10(14)13-3-7-16-8-4-13/h1-9,12H2. The Morgan fingerprint density at radius 1 is 1.12 bits per heavy atom. The Kier molecular flexibility index (Phi) is 3.78. The number of nitrogens with two attached hydrogens (primary N) is 1. The van der Waals surface area contributed by atoms with Gasteiger partial charge in [-0.2, -0.15) is 0 Å². The van der Waals surface area contributed by atoms with E-state index in [1.165, 1.54) is 0 Å². The fourth-order valence-electron chi connectivity index (χ4n) is 2.37. The van der Waals surface area contributed by atoms with Crippen molar-refractivity contribution in [3.05, 3.63) is 0 Å². The second-order valence-corrected chi connectivity index (χ2v) is 4.50. The predicted octanol–water partition coefficient (Wildman–Crippen LogP) is -0.399. The number of hydrogen-bond acceptors (Lipinski definition) is 4. The Labute approximate surface area is 95.9 Å². The topological polar surface area (TPSA) is 64.8 Å². The zero-order valence-electron chi connectivity index (χ0n) is 9.61. The van der Waals surface area contributed by atoms with Crippen molar-refractivity contribution >= 4 is 5.91 Å². The summed E-state index contributed by atoms with van der Waals surface area (Å²) in [6.07, 6.45) is 1.50. The fourth-order valence-corrected chi connectivity index (χ4v) is 2.37. The average molecular weight is 228 g/mol. The number of hydrogen-bond donors (Lipinski definition) is 1. The molecular formula is C11H20N2O3. The van der Waals surface area contributed by atoms with Crippen LogP contribution in [0.1, 0.15) is 12.8 Å². The van der Waals surface area contributed by atoms with Crippen LogP contribution in [0.15, 0.2) is 0 Å². The molecule has 0 aliphatic carbocycles. The number of carbonyl (C=O) groups excluding carboxylic acids is 1. The monoisotopic (exact) mass is 228 g/mol. The van der Waals surface area contributed by atoms with E-state index < -0.39 is 0 Å². The van der Waals surface area contributed by atoms with E-state index in [4.69, 9.17) is 15.2 Å². The Hall–Kier alpha value is -0.650. The van der Waals surface area contributed by atoms with Gasteiger partial charge in [0.2, 0.25) is 5.91 Å². The van der Waals surface area contributed by atoms with Crippen LogP contribution in [0.2, 0.25) is 0 Å². The lowest BCUT2D eigenvalue weighted by Crippen LogP contribution is -2.53. The molecule has 0 unspecified atom stereocenters. The molecule has 2 N–H and O–H groups in total. The summed E-state index contributed by atoms with van der Waals surface area (Å²) in [5.74, 6) is 0.196. The minimum absolute atomic E-state index is 0.196. The summed E-state index contributed by atoms with van der Waals surface area (Å²) >= 11 is 0. The highest BCUT2D eigenvalue weighted by Gasteiger charge is 2.41. The van der Waals surface area contributed by atoms with Crippen LogP contribution in [0.25, 0.3) is 0 Å². The lowest BCUT2D eigenvalue weighted by Gasteiger charge is -2.40. The minimum atomic E-state index is -0.379. The van der Waals surface area contributed by atoms with Crippen LogP contribution in [0.5, 0.6) is 0 Å². The first-order valence-corrected chi connectivity index (χ1v) is 5.93. The zero-order chi connectivity index (χ0) is 11.4. The third-order valence-corrected chi connectivity index (χ3v) is 3.59. The van der Waals surface area contributed by atoms with Crippen molar-refractivity contribution < 1.29 is 14.3 Å². The fraction of sp³-hybridized carbons (Fsp3) is 0.909. The number of morpholine rings is 1. The van der Waals surface area contributed by atoms with E-state index in [0.717, 1.165) is 12.8 Å². The molecule has 2 fully saturated rings. The van der Waals surface area contributed by atoms with Crippen molar-refractivity contribution in [1.29, 1.82) is 0 Å². The molecule has 0 aromatic rings. The molecule has 2 heterocycles. The molecule has 0 aromatic heterocycles. The molecule has 0 aromatic carbocycles. The first-order valence-electron chi connectivity index (χ1n) is 5.93. The Bertz CT molecular complexity index is 246. The molecule has 2 saturated heterocycles. The van der Waals surface area contributed by atoms with Gasteiger partial charge in [0, 0.05) is 32.8 Å². The third kappa shape index (κ3) is 2.21. The van der Waals surface area contributed by atoms with Crippen molar-refractivity contribution in [2.75, 3.05) is 46.1 Å². The number of nitrogens with zero attached hydrogens (tertiary/aromatic N) is 1. The molecule has 16 heavy (non-hydrogen) atoms. The molecule has 92 valence electrons. The number of ether oxygens (including phenoxy) is 2. The lowest BCUT2D eigenvalue weighted by atomic mass is 9.79. The predicted molar refractivity (Wildman–Crippen MR) is 58.9 cm³/mol. The maximum absolute atomic E-state index is 12.4. The van der Waals surface area contributed by atoms with E-state index in [1.807, 2.05) is 4.90 Å². The summed E-state index contributed by atoms with van der Waals surface area (Å²) in [5.41, 5.74) is 5.43. The highest BCUT2D eigenvalue weighted by atomic mass is 16.5. The van der Waals surface area contributed by atoms with E-state index in [-0.39, 0.29) is 11.3 Å². The molecule has 1 amide bonds. The van der Waals surface area contributed by atoms with Gasteiger partial charge in [0.1, 0.15) is 0 Å². The number of carbonyl (C=O) groups is 1. The second-order valence-electron chi connectivity index (χ2n) is 4.50. The Morgan fingerprint density at radius 2 is 1.69 bits per heavy atom. The SMILES string of the molecule is NCC1(C(=O)N2CCOCC2)CCOCC1. The normalized spacial score (nSPS) is 25.4. The van der Waals surface area contributed by atoms with Crippen LogP contribution < -0.4 is 5.73 Å². The Balaban J connectivity index is 2.04. The van der Waals surface area contributed by atoms with E-state index in [9.17, 15) is 4.79 Å². The van der Waals surface area contributed by atoms with Crippen LogP contribution >= 0.6 is 0 Å². The quantitative estimate of drug-likeness (QED) is 0.698. The van der Waals surface area contributed by atoms with Crippen molar-refractivity contribution in [3.63, 3.8) is 0 Å². The van der Waals surface area contributed by atoms with Crippen LogP contribution in [0, 0.1) is 5.41 Å². The van der Waals surface area contributed by atoms with Crippen LogP contribution in [0.3, 0.4) is 0 Å². The van der Waals surface area contributed by atoms with Gasteiger partial charge in [0.15, 0.2) is 0 Å². The lowest BCUT2D eigenvalue weighted by molar-refractivity contribution is -0.151. The van der Waals surface area contributed by atoms with Gasteiger partial charge in [-0.15, -0.1) is 0 Å². The van der Waals surface area contributed by atoms with Gasteiger partial charge in [-0.1, -0.05) is 0 Å².